The highest BCUT2D eigenvalue weighted by Gasteiger charge is 2.37. The Morgan fingerprint density at radius 3 is 2.71 bits per heavy atom. The van der Waals surface area contributed by atoms with Gasteiger partial charge in [-0.15, -0.1) is 0 Å². The number of hydrogen-bond acceptors (Lipinski definition) is 5. The van der Waals surface area contributed by atoms with Gasteiger partial charge in [-0.1, -0.05) is 29.8 Å². The third-order valence-corrected chi connectivity index (χ3v) is 5.13. The van der Waals surface area contributed by atoms with Gasteiger partial charge >= 0.3 is 5.97 Å². The zero-order valence-corrected chi connectivity index (χ0v) is 16.4. The van der Waals surface area contributed by atoms with Crippen LogP contribution in [-0.4, -0.2) is 37.9 Å². The molecule has 0 unspecified atom stereocenters. The Morgan fingerprint density at radius 2 is 1.96 bits per heavy atom. The number of esters is 1. The lowest BCUT2D eigenvalue weighted by Gasteiger charge is -2.19. The molecule has 146 valence electrons. The maximum absolute atomic E-state index is 12.4. The van der Waals surface area contributed by atoms with E-state index in [0.29, 0.717) is 22.0 Å². The minimum absolute atomic E-state index is 0.0398. The molecule has 1 saturated heterocycles. The first kappa shape index (κ1) is 19.9. The van der Waals surface area contributed by atoms with E-state index in [1.807, 2.05) is 6.92 Å². The Bertz CT molecular complexity index is 927. The van der Waals surface area contributed by atoms with Gasteiger partial charge in [0.25, 0.3) is 0 Å². The molecule has 1 heterocycles. The van der Waals surface area contributed by atoms with E-state index >= 15 is 0 Å². The van der Waals surface area contributed by atoms with Gasteiger partial charge in [0.2, 0.25) is 5.91 Å². The second kappa shape index (κ2) is 8.44. The molecule has 1 atom stereocenters. The fourth-order valence-corrected chi connectivity index (χ4v) is 3.29. The number of carbonyl (C=O) groups is 3. The number of methoxy groups -OCH3 is 1. The van der Waals surface area contributed by atoms with E-state index in [-0.39, 0.29) is 31.3 Å². The van der Waals surface area contributed by atoms with Gasteiger partial charge < -0.3 is 14.4 Å². The molecule has 0 bridgehead atoms. The van der Waals surface area contributed by atoms with Crippen LogP contribution in [-0.2, 0) is 14.3 Å². The molecule has 0 aromatic heterocycles. The van der Waals surface area contributed by atoms with E-state index < -0.39 is 11.9 Å². The van der Waals surface area contributed by atoms with Gasteiger partial charge in [0, 0.05) is 29.2 Å². The normalized spacial score (nSPS) is 16.2. The summed E-state index contributed by atoms with van der Waals surface area (Å²) in [6.45, 7) is 1.64. The standard InChI is InChI=1S/C21H20ClNO5/c1-13-17(22)7-4-8-18(13)23-11-15(10-20(23)25)21(26)28-12-19(24)14-5-3-6-16(9-14)27-2/h3-9,15H,10-12H2,1-2H3/t15-/m0/s1. The van der Waals surface area contributed by atoms with Crippen LogP contribution in [0, 0.1) is 12.8 Å². The highest BCUT2D eigenvalue weighted by Crippen LogP contribution is 2.31. The lowest BCUT2D eigenvalue weighted by atomic mass is 10.1. The van der Waals surface area contributed by atoms with Gasteiger partial charge in [0.05, 0.1) is 13.0 Å². The molecule has 1 aliphatic heterocycles. The minimum atomic E-state index is -0.621. The molecule has 0 spiro atoms. The number of halogens is 1. The maximum atomic E-state index is 12.4. The van der Waals surface area contributed by atoms with Crippen molar-refractivity contribution < 1.29 is 23.9 Å². The van der Waals surface area contributed by atoms with Gasteiger partial charge in [0.15, 0.2) is 12.4 Å². The van der Waals surface area contributed by atoms with Crippen LogP contribution < -0.4 is 9.64 Å². The number of Topliss-reactive ketones (excluding diaryl/α,β-unsaturated/α-hetero) is 1. The summed E-state index contributed by atoms with van der Waals surface area (Å²) in [5.41, 5.74) is 1.85. The van der Waals surface area contributed by atoms with Crippen LogP contribution in [0.5, 0.6) is 5.75 Å². The highest BCUT2D eigenvalue weighted by atomic mass is 35.5. The van der Waals surface area contributed by atoms with Crippen LogP contribution in [0.2, 0.25) is 5.02 Å². The van der Waals surface area contributed by atoms with E-state index in [1.54, 1.807) is 42.5 Å². The first-order chi connectivity index (χ1) is 13.4. The number of carbonyl (C=O) groups excluding carboxylic acids is 3. The van der Waals surface area contributed by atoms with Crippen molar-refractivity contribution in [2.24, 2.45) is 5.92 Å². The van der Waals surface area contributed by atoms with E-state index in [9.17, 15) is 14.4 Å². The lowest BCUT2D eigenvalue weighted by molar-refractivity contribution is -0.147. The number of nitrogens with zero attached hydrogens (tertiary/aromatic N) is 1. The number of anilines is 1. The predicted molar refractivity (Wildman–Crippen MR) is 105 cm³/mol. The molecule has 1 aliphatic rings. The number of benzene rings is 2. The Balaban J connectivity index is 1.61. The van der Waals surface area contributed by atoms with Crippen molar-refractivity contribution in [1.29, 1.82) is 0 Å². The zero-order chi connectivity index (χ0) is 20.3. The average molecular weight is 402 g/mol. The van der Waals surface area contributed by atoms with E-state index in [0.717, 1.165) is 5.56 Å². The Hall–Kier alpha value is -2.86. The summed E-state index contributed by atoms with van der Waals surface area (Å²) in [7, 11) is 1.51. The van der Waals surface area contributed by atoms with Crippen LogP contribution >= 0.6 is 11.6 Å². The maximum Gasteiger partial charge on any atom is 0.311 e. The molecule has 6 nitrogen and oxygen atoms in total. The third kappa shape index (κ3) is 4.17. The summed E-state index contributed by atoms with van der Waals surface area (Å²) in [6.07, 6.45) is 0.0398. The zero-order valence-electron chi connectivity index (χ0n) is 15.6. The summed E-state index contributed by atoms with van der Waals surface area (Å²) < 4.78 is 10.3. The summed E-state index contributed by atoms with van der Waals surface area (Å²) in [6, 6.07) is 11.9. The molecule has 28 heavy (non-hydrogen) atoms. The third-order valence-electron chi connectivity index (χ3n) is 4.73. The number of amides is 1. The average Bonchev–Trinajstić information content (AvgIpc) is 3.09. The van der Waals surface area contributed by atoms with Crippen molar-refractivity contribution in [2.75, 3.05) is 25.2 Å². The molecule has 0 N–H and O–H groups in total. The number of ether oxygens (including phenoxy) is 2. The fourth-order valence-electron chi connectivity index (χ4n) is 3.12. The minimum Gasteiger partial charge on any atom is -0.497 e. The van der Waals surface area contributed by atoms with Gasteiger partial charge in [0.1, 0.15) is 5.75 Å². The Kier molecular flexibility index (Phi) is 5.99. The SMILES string of the molecule is COc1cccc(C(=O)COC(=O)[C@H]2CC(=O)N(c3cccc(Cl)c3C)C2)c1. The Morgan fingerprint density at radius 1 is 1.21 bits per heavy atom. The van der Waals surface area contributed by atoms with Gasteiger partial charge in [-0.05, 0) is 36.8 Å². The van der Waals surface area contributed by atoms with Crippen molar-refractivity contribution in [3.63, 3.8) is 0 Å². The first-order valence-electron chi connectivity index (χ1n) is 8.80. The summed E-state index contributed by atoms with van der Waals surface area (Å²) in [5, 5.41) is 0.556. The quantitative estimate of drug-likeness (QED) is 0.547. The van der Waals surface area contributed by atoms with Crippen molar-refractivity contribution >= 4 is 34.9 Å². The van der Waals surface area contributed by atoms with Crippen LogP contribution in [0.4, 0.5) is 5.69 Å². The number of rotatable bonds is 6. The first-order valence-corrected chi connectivity index (χ1v) is 9.18. The van der Waals surface area contributed by atoms with E-state index in [1.165, 1.54) is 12.0 Å². The number of hydrogen-bond donors (Lipinski definition) is 0. The van der Waals surface area contributed by atoms with Crippen molar-refractivity contribution in [3.8, 4) is 5.75 Å². The molecular formula is C21H20ClNO5. The molecule has 2 aromatic carbocycles. The van der Waals surface area contributed by atoms with Crippen LogP contribution in [0.25, 0.3) is 0 Å². The van der Waals surface area contributed by atoms with Crippen LogP contribution in [0.15, 0.2) is 42.5 Å². The second-order valence-corrected chi connectivity index (χ2v) is 6.96. The van der Waals surface area contributed by atoms with Gasteiger partial charge in [-0.25, -0.2) is 0 Å². The summed E-state index contributed by atoms with van der Waals surface area (Å²) >= 11 is 6.13. The van der Waals surface area contributed by atoms with Gasteiger partial charge in [-0.2, -0.15) is 0 Å². The van der Waals surface area contributed by atoms with Crippen LogP contribution in [0.1, 0.15) is 22.3 Å². The van der Waals surface area contributed by atoms with Crippen molar-refractivity contribution in [2.45, 2.75) is 13.3 Å². The molecule has 1 fully saturated rings. The van der Waals surface area contributed by atoms with E-state index in [4.69, 9.17) is 21.1 Å². The molecular weight excluding hydrogens is 382 g/mol. The largest absolute Gasteiger partial charge is 0.497 e. The second-order valence-electron chi connectivity index (χ2n) is 6.55. The number of ketones is 1. The molecule has 0 radical (unpaired) electrons. The van der Waals surface area contributed by atoms with Crippen molar-refractivity contribution in [3.05, 3.63) is 58.6 Å². The van der Waals surface area contributed by atoms with Gasteiger partial charge in [-0.3, -0.25) is 14.4 Å². The molecule has 0 aliphatic carbocycles. The smallest absolute Gasteiger partial charge is 0.311 e. The lowest BCUT2D eigenvalue weighted by Crippen LogP contribution is -2.27. The molecule has 3 rings (SSSR count). The molecule has 1 amide bonds. The molecule has 2 aromatic rings. The van der Waals surface area contributed by atoms with E-state index in [2.05, 4.69) is 0 Å². The summed E-state index contributed by atoms with van der Waals surface area (Å²) in [5.74, 6) is -1.15. The monoisotopic (exact) mass is 401 g/mol. The molecule has 7 heteroatoms. The fraction of sp³-hybridized carbons (Fsp3) is 0.286. The Labute approximate surface area is 168 Å². The summed E-state index contributed by atoms with van der Waals surface area (Å²) in [4.78, 5) is 38.5. The topological polar surface area (TPSA) is 72.9 Å². The van der Waals surface area contributed by atoms with Crippen LogP contribution in [0.3, 0.4) is 0 Å². The van der Waals surface area contributed by atoms with Crippen molar-refractivity contribution in [1.82, 2.24) is 0 Å². The molecule has 0 saturated carbocycles. The predicted octanol–water partition coefficient (Wildman–Crippen LogP) is 3.44. The highest BCUT2D eigenvalue weighted by molar-refractivity contribution is 6.31.